The third-order valence-corrected chi connectivity index (χ3v) is 5.45. The minimum absolute atomic E-state index is 0.0894. The van der Waals surface area contributed by atoms with E-state index < -0.39 is 0 Å². The Hall–Kier alpha value is -2.99. The first kappa shape index (κ1) is 16.5. The predicted octanol–water partition coefficient (Wildman–Crippen LogP) is 3.94. The second kappa shape index (κ2) is 6.72. The van der Waals surface area contributed by atoms with Gasteiger partial charge in [0.2, 0.25) is 0 Å². The Morgan fingerprint density at radius 2 is 2.00 bits per heavy atom. The first-order valence-electron chi connectivity index (χ1n) is 8.33. The van der Waals surface area contributed by atoms with Crippen molar-refractivity contribution in [3.8, 4) is 10.6 Å². The number of carbonyl (C=O) groups is 1. The molecule has 0 fully saturated rings. The molecular formula is C20H18N4OS. The molecule has 4 rings (SSSR count). The number of pyridine rings is 1. The number of aryl methyl sites for hydroxylation is 2. The maximum atomic E-state index is 12.6. The van der Waals surface area contributed by atoms with Gasteiger partial charge in [0.25, 0.3) is 5.91 Å². The van der Waals surface area contributed by atoms with Gasteiger partial charge in [-0.15, -0.1) is 11.3 Å². The van der Waals surface area contributed by atoms with E-state index in [1.165, 1.54) is 11.3 Å². The summed E-state index contributed by atoms with van der Waals surface area (Å²) in [4.78, 5) is 22.3. The Balaban J connectivity index is 1.62. The largest absolute Gasteiger partial charge is 0.347 e. The van der Waals surface area contributed by atoms with E-state index in [2.05, 4.69) is 15.3 Å². The van der Waals surface area contributed by atoms with Crippen LogP contribution in [-0.4, -0.2) is 20.4 Å². The zero-order valence-corrected chi connectivity index (χ0v) is 15.4. The highest BCUT2D eigenvalue weighted by molar-refractivity contribution is 7.17. The van der Waals surface area contributed by atoms with Crippen LogP contribution in [0.1, 0.15) is 20.9 Å². The van der Waals surface area contributed by atoms with Crippen LogP contribution >= 0.6 is 11.3 Å². The standard InChI is InChI=1S/C20H18N4OS/c1-13-17(19(25)22-11-14-7-4-3-5-8-14)26-20(23-13)16-12-24(2)18-15(16)9-6-10-21-18/h3-10,12H,11H2,1-2H3,(H,22,25). The van der Waals surface area contributed by atoms with E-state index in [1.807, 2.05) is 67.2 Å². The third-order valence-electron chi connectivity index (χ3n) is 4.26. The van der Waals surface area contributed by atoms with Crippen LogP contribution in [0.3, 0.4) is 0 Å². The fourth-order valence-corrected chi connectivity index (χ4v) is 3.97. The van der Waals surface area contributed by atoms with Crippen molar-refractivity contribution < 1.29 is 4.79 Å². The van der Waals surface area contributed by atoms with Crippen LogP contribution in [0.4, 0.5) is 0 Å². The molecule has 0 aliphatic heterocycles. The van der Waals surface area contributed by atoms with Crippen LogP contribution < -0.4 is 5.32 Å². The number of hydrogen-bond donors (Lipinski definition) is 1. The lowest BCUT2D eigenvalue weighted by Crippen LogP contribution is -2.22. The van der Waals surface area contributed by atoms with Gasteiger partial charge in [0.05, 0.1) is 5.69 Å². The Labute approximate surface area is 155 Å². The number of benzene rings is 1. The summed E-state index contributed by atoms with van der Waals surface area (Å²) < 4.78 is 1.98. The Kier molecular flexibility index (Phi) is 4.26. The summed E-state index contributed by atoms with van der Waals surface area (Å²) in [6.45, 7) is 2.38. The molecule has 3 heterocycles. The number of aromatic nitrogens is 3. The number of hydrogen-bond acceptors (Lipinski definition) is 4. The zero-order valence-electron chi connectivity index (χ0n) is 14.6. The summed E-state index contributed by atoms with van der Waals surface area (Å²) >= 11 is 1.42. The van der Waals surface area contributed by atoms with Crippen molar-refractivity contribution in [2.24, 2.45) is 7.05 Å². The molecule has 0 unspecified atom stereocenters. The van der Waals surface area contributed by atoms with E-state index in [1.54, 1.807) is 6.20 Å². The molecule has 0 spiro atoms. The molecule has 1 aromatic carbocycles. The summed E-state index contributed by atoms with van der Waals surface area (Å²) in [5.74, 6) is -0.0894. The zero-order chi connectivity index (χ0) is 18.1. The molecule has 1 amide bonds. The molecular weight excluding hydrogens is 344 g/mol. The van der Waals surface area contributed by atoms with Gasteiger partial charge in [0.15, 0.2) is 0 Å². The number of amides is 1. The average molecular weight is 362 g/mol. The lowest BCUT2D eigenvalue weighted by atomic mass is 10.2. The van der Waals surface area contributed by atoms with Crippen LogP contribution in [-0.2, 0) is 13.6 Å². The fraction of sp³-hybridized carbons (Fsp3) is 0.150. The van der Waals surface area contributed by atoms with Gasteiger partial charge in [-0.25, -0.2) is 9.97 Å². The summed E-state index contributed by atoms with van der Waals surface area (Å²) in [6, 6.07) is 13.8. The number of carbonyl (C=O) groups excluding carboxylic acids is 1. The summed E-state index contributed by atoms with van der Waals surface area (Å²) in [7, 11) is 1.97. The predicted molar refractivity (Wildman–Crippen MR) is 104 cm³/mol. The van der Waals surface area contributed by atoms with E-state index >= 15 is 0 Å². The minimum atomic E-state index is -0.0894. The summed E-state index contributed by atoms with van der Waals surface area (Å²) in [5.41, 5.74) is 3.73. The van der Waals surface area contributed by atoms with Crippen LogP contribution in [0.2, 0.25) is 0 Å². The molecule has 130 valence electrons. The molecule has 0 aliphatic rings. The van der Waals surface area contributed by atoms with E-state index in [0.29, 0.717) is 11.4 Å². The van der Waals surface area contributed by atoms with Crippen molar-refractivity contribution in [1.29, 1.82) is 0 Å². The van der Waals surface area contributed by atoms with E-state index in [9.17, 15) is 4.79 Å². The van der Waals surface area contributed by atoms with Gasteiger partial charge in [-0.2, -0.15) is 0 Å². The Morgan fingerprint density at radius 1 is 1.19 bits per heavy atom. The highest BCUT2D eigenvalue weighted by Crippen LogP contribution is 2.33. The number of nitrogens with one attached hydrogen (secondary N) is 1. The second-order valence-corrected chi connectivity index (χ2v) is 7.13. The molecule has 3 aromatic heterocycles. The van der Waals surface area contributed by atoms with Crippen molar-refractivity contribution in [3.63, 3.8) is 0 Å². The van der Waals surface area contributed by atoms with Gasteiger partial charge in [-0.1, -0.05) is 30.3 Å². The number of thiazole rings is 1. The molecule has 0 aliphatic carbocycles. The highest BCUT2D eigenvalue weighted by atomic mass is 32.1. The summed E-state index contributed by atoms with van der Waals surface area (Å²) in [6.07, 6.45) is 3.79. The van der Waals surface area contributed by atoms with Gasteiger partial charge < -0.3 is 9.88 Å². The van der Waals surface area contributed by atoms with Crippen LogP contribution in [0, 0.1) is 6.92 Å². The van der Waals surface area contributed by atoms with Crippen LogP contribution in [0.5, 0.6) is 0 Å². The first-order valence-corrected chi connectivity index (χ1v) is 9.15. The SMILES string of the molecule is Cc1nc(-c2cn(C)c3ncccc23)sc1C(=O)NCc1ccccc1. The molecule has 0 bridgehead atoms. The molecule has 26 heavy (non-hydrogen) atoms. The molecule has 0 saturated heterocycles. The quantitative estimate of drug-likeness (QED) is 0.598. The van der Waals surface area contributed by atoms with Gasteiger partial charge in [0.1, 0.15) is 15.5 Å². The lowest BCUT2D eigenvalue weighted by Gasteiger charge is -2.03. The van der Waals surface area contributed by atoms with E-state index in [0.717, 1.165) is 32.9 Å². The number of nitrogens with zero attached hydrogens (tertiary/aromatic N) is 3. The summed E-state index contributed by atoms with van der Waals surface area (Å²) in [5, 5.41) is 4.86. The van der Waals surface area contributed by atoms with Gasteiger partial charge in [0, 0.05) is 36.9 Å². The molecule has 1 N–H and O–H groups in total. The van der Waals surface area contributed by atoms with Crippen LogP contribution in [0.25, 0.3) is 21.6 Å². The normalized spacial score (nSPS) is 11.0. The minimum Gasteiger partial charge on any atom is -0.347 e. The Bertz CT molecular complexity index is 1080. The van der Waals surface area contributed by atoms with Gasteiger partial charge >= 0.3 is 0 Å². The Morgan fingerprint density at radius 3 is 2.81 bits per heavy atom. The second-order valence-electron chi connectivity index (χ2n) is 6.13. The number of rotatable bonds is 4. The highest BCUT2D eigenvalue weighted by Gasteiger charge is 2.19. The average Bonchev–Trinajstić information content (AvgIpc) is 3.21. The van der Waals surface area contributed by atoms with Crippen molar-refractivity contribution >= 4 is 28.3 Å². The van der Waals surface area contributed by atoms with Crippen molar-refractivity contribution in [2.45, 2.75) is 13.5 Å². The van der Waals surface area contributed by atoms with Crippen molar-refractivity contribution in [3.05, 3.63) is 71.0 Å². The molecule has 6 heteroatoms. The monoisotopic (exact) mass is 362 g/mol. The molecule has 0 radical (unpaired) electrons. The maximum absolute atomic E-state index is 12.6. The molecule has 0 saturated carbocycles. The smallest absolute Gasteiger partial charge is 0.263 e. The maximum Gasteiger partial charge on any atom is 0.263 e. The first-order chi connectivity index (χ1) is 12.6. The van der Waals surface area contributed by atoms with Crippen molar-refractivity contribution in [2.75, 3.05) is 0 Å². The lowest BCUT2D eigenvalue weighted by molar-refractivity contribution is 0.0954. The topological polar surface area (TPSA) is 59.8 Å². The van der Waals surface area contributed by atoms with Gasteiger partial charge in [-0.05, 0) is 24.6 Å². The molecule has 4 aromatic rings. The fourth-order valence-electron chi connectivity index (χ4n) is 2.96. The van der Waals surface area contributed by atoms with Crippen LogP contribution in [0.15, 0.2) is 54.9 Å². The van der Waals surface area contributed by atoms with E-state index in [-0.39, 0.29) is 5.91 Å². The third kappa shape index (κ3) is 2.99. The number of fused-ring (bicyclic) bond motifs is 1. The van der Waals surface area contributed by atoms with Crippen molar-refractivity contribution in [1.82, 2.24) is 19.9 Å². The van der Waals surface area contributed by atoms with E-state index in [4.69, 9.17) is 0 Å². The molecule has 0 atom stereocenters. The molecule has 5 nitrogen and oxygen atoms in total. The van der Waals surface area contributed by atoms with Gasteiger partial charge in [-0.3, -0.25) is 4.79 Å².